The van der Waals surface area contributed by atoms with Crippen LogP contribution in [0, 0.1) is 0 Å². The van der Waals surface area contributed by atoms with Crippen LogP contribution in [-0.4, -0.2) is 19.5 Å². The molecule has 0 aromatic carbocycles. The molecule has 0 fully saturated rings. The number of allylic oxidation sites excluding steroid dienone is 1. The molecule has 0 aliphatic rings. The van der Waals surface area contributed by atoms with E-state index in [1.807, 2.05) is 19.9 Å². The lowest BCUT2D eigenvalue weighted by molar-refractivity contribution is -0.104. The summed E-state index contributed by atoms with van der Waals surface area (Å²) in [4.78, 5) is 0. The standard InChI is InChI=1S/C17H34O2/c1-4-7-8-9-10-11-12-13-14-15-16-17(18-5-2)19-6-3/h15-17H,4-14H2,1-3H3/b16-15-. The zero-order chi connectivity index (χ0) is 14.2. The van der Waals surface area contributed by atoms with E-state index in [-0.39, 0.29) is 6.29 Å². The largest absolute Gasteiger partial charge is 0.349 e. The Labute approximate surface area is 120 Å². The Morgan fingerprint density at radius 3 is 1.79 bits per heavy atom. The zero-order valence-corrected chi connectivity index (χ0v) is 13.3. The van der Waals surface area contributed by atoms with Crippen molar-refractivity contribution in [3.05, 3.63) is 12.2 Å². The number of hydrogen-bond acceptors (Lipinski definition) is 2. The Hall–Kier alpha value is -0.340. The van der Waals surface area contributed by atoms with Crippen molar-refractivity contribution in [3.63, 3.8) is 0 Å². The molecule has 0 radical (unpaired) electrons. The lowest BCUT2D eigenvalue weighted by Crippen LogP contribution is -2.14. The van der Waals surface area contributed by atoms with Crippen molar-refractivity contribution in [3.8, 4) is 0 Å². The van der Waals surface area contributed by atoms with Crippen LogP contribution < -0.4 is 0 Å². The molecule has 0 atom stereocenters. The molecular weight excluding hydrogens is 236 g/mol. The summed E-state index contributed by atoms with van der Waals surface area (Å²) in [5, 5.41) is 0. The van der Waals surface area contributed by atoms with Crippen molar-refractivity contribution < 1.29 is 9.47 Å². The highest BCUT2D eigenvalue weighted by molar-refractivity contribution is 4.85. The predicted octanol–water partition coefficient (Wildman–Crippen LogP) is 5.47. The summed E-state index contributed by atoms with van der Waals surface area (Å²) >= 11 is 0. The molecule has 0 aliphatic heterocycles. The van der Waals surface area contributed by atoms with E-state index in [9.17, 15) is 0 Å². The molecule has 0 aromatic rings. The summed E-state index contributed by atoms with van der Waals surface area (Å²) in [6.07, 6.45) is 16.3. The zero-order valence-electron chi connectivity index (χ0n) is 13.3. The second-order valence-electron chi connectivity index (χ2n) is 4.97. The molecule has 0 saturated heterocycles. The maximum absolute atomic E-state index is 5.46. The van der Waals surface area contributed by atoms with Gasteiger partial charge in [0.05, 0.1) is 0 Å². The lowest BCUT2D eigenvalue weighted by Gasteiger charge is -2.12. The molecule has 2 heteroatoms. The van der Waals surface area contributed by atoms with Gasteiger partial charge in [0.15, 0.2) is 6.29 Å². The van der Waals surface area contributed by atoms with Crippen molar-refractivity contribution in [1.29, 1.82) is 0 Å². The molecule has 2 nitrogen and oxygen atoms in total. The quantitative estimate of drug-likeness (QED) is 0.237. The van der Waals surface area contributed by atoms with Crippen LogP contribution >= 0.6 is 0 Å². The summed E-state index contributed by atoms with van der Waals surface area (Å²) in [6.45, 7) is 7.67. The molecule has 0 aliphatic carbocycles. The molecule has 0 rings (SSSR count). The number of ether oxygens (including phenoxy) is 2. The lowest BCUT2D eigenvalue weighted by atomic mass is 10.1. The fraction of sp³-hybridized carbons (Fsp3) is 0.882. The normalized spacial score (nSPS) is 11.8. The average Bonchev–Trinajstić information content (AvgIpc) is 2.41. The summed E-state index contributed by atoms with van der Waals surface area (Å²) < 4.78 is 10.9. The summed E-state index contributed by atoms with van der Waals surface area (Å²) in [5.74, 6) is 0. The smallest absolute Gasteiger partial charge is 0.176 e. The van der Waals surface area contributed by atoms with Gasteiger partial charge in [0.2, 0.25) is 0 Å². The first-order chi connectivity index (χ1) is 9.35. The van der Waals surface area contributed by atoms with Crippen molar-refractivity contribution in [1.82, 2.24) is 0 Å². The van der Waals surface area contributed by atoms with Gasteiger partial charge in [-0.25, -0.2) is 0 Å². The van der Waals surface area contributed by atoms with E-state index in [0.717, 1.165) is 6.42 Å². The van der Waals surface area contributed by atoms with E-state index in [2.05, 4.69) is 13.0 Å². The van der Waals surface area contributed by atoms with Gasteiger partial charge in [0.25, 0.3) is 0 Å². The minimum Gasteiger partial charge on any atom is -0.349 e. The first kappa shape index (κ1) is 18.7. The number of rotatable bonds is 14. The predicted molar refractivity (Wildman–Crippen MR) is 83.4 cm³/mol. The molecule has 0 heterocycles. The second-order valence-corrected chi connectivity index (χ2v) is 4.97. The highest BCUT2D eigenvalue weighted by Gasteiger charge is 2.00. The molecule has 114 valence electrons. The molecule has 0 amide bonds. The molecule has 0 N–H and O–H groups in total. The molecule has 19 heavy (non-hydrogen) atoms. The fourth-order valence-corrected chi connectivity index (χ4v) is 2.09. The van der Waals surface area contributed by atoms with Crippen molar-refractivity contribution in [2.75, 3.05) is 13.2 Å². The third-order valence-electron chi connectivity index (χ3n) is 3.18. The van der Waals surface area contributed by atoms with E-state index in [1.165, 1.54) is 51.4 Å². The number of unbranched alkanes of at least 4 members (excludes halogenated alkanes) is 8. The minimum absolute atomic E-state index is 0.149. The molecule has 0 aromatic heterocycles. The van der Waals surface area contributed by atoms with Crippen molar-refractivity contribution >= 4 is 0 Å². The maximum atomic E-state index is 5.46. The van der Waals surface area contributed by atoms with E-state index in [1.54, 1.807) is 0 Å². The van der Waals surface area contributed by atoms with Crippen LogP contribution in [0.2, 0.25) is 0 Å². The van der Waals surface area contributed by atoms with E-state index >= 15 is 0 Å². The first-order valence-electron chi connectivity index (χ1n) is 8.24. The van der Waals surface area contributed by atoms with E-state index in [0.29, 0.717) is 13.2 Å². The molecule has 0 saturated carbocycles. The van der Waals surface area contributed by atoms with Crippen LogP contribution in [0.1, 0.15) is 78.6 Å². The molecule has 0 unspecified atom stereocenters. The van der Waals surface area contributed by atoms with Gasteiger partial charge in [0, 0.05) is 13.2 Å². The van der Waals surface area contributed by atoms with Crippen LogP contribution in [0.25, 0.3) is 0 Å². The third-order valence-corrected chi connectivity index (χ3v) is 3.18. The van der Waals surface area contributed by atoms with Gasteiger partial charge in [-0.3, -0.25) is 0 Å². The van der Waals surface area contributed by atoms with Gasteiger partial charge < -0.3 is 9.47 Å². The van der Waals surface area contributed by atoms with E-state index < -0.39 is 0 Å². The highest BCUT2D eigenvalue weighted by Crippen LogP contribution is 2.10. The molecule has 0 bridgehead atoms. The maximum Gasteiger partial charge on any atom is 0.176 e. The van der Waals surface area contributed by atoms with Gasteiger partial charge >= 0.3 is 0 Å². The topological polar surface area (TPSA) is 18.5 Å². The van der Waals surface area contributed by atoms with Gasteiger partial charge in [-0.15, -0.1) is 0 Å². The van der Waals surface area contributed by atoms with E-state index in [4.69, 9.17) is 9.47 Å². The number of hydrogen-bond donors (Lipinski definition) is 0. The van der Waals surface area contributed by atoms with Gasteiger partial charge in [0.1, 0.15) is 0 Å². The highest BCUT2D eigenvalue weighted by atomic mass is 16.7. The van der Waals surface area contributed by atoms with Crippen LogP contribution in [-0.2, 0) is 9.47 Å². The van der Waals surface area contributed by atoms with Crippen molar-refractivity contribution in [2.45, 2.75) is 84.8 Å². The Kier molecular flexibility index (Phi) is 15.4. The monoisotopic (exact) mass is 270 g/mol. The first-order valence-corrected chi connectivity index (χ1v) is 8.24. The second kappa shape index (κ2) is 15.7. The van der Waals surface area contributed by atoms with Gasteiger partial charge in [-0.05, 0) is 32.8 Å². The van der Waals surface area contributed by atoms with Crippen LogP contribution in [0.3, 0.4) is 0 Å². The Morgan fingerprint density at radius 2 is 1.26 bits per heavy atom. The van der Waals surface area contributed by atoms with Gasteiger partial charge in [-0.2, -0.15) is 0 Å². The summed E-state index contributed by atoms with van der Waals surface area (Å²) in [7, 11) is 0. The van der Waals surface area contributed by atoms with Crippen LogP contribution in [0.4, 0.5) is 0 Å². The minimum atomic E-state index is -0.149. The summed E-state index contributed by atoms with van der Waals surface area (Å²) in [5.41, 5.74) is 0. The Balaban J connectivity index is 3.35. The molecular formula is C17H34O2. The SMILES string of the molecule is CCCCCCCCCC/C=C\C(OCC)OCC. The Morgan fingerprint density at radius 1 is 0.737 bits per heavy atom. The third kappa shape index (κ3) is 13.9. The fourth-order valence-electron chi connectivity index (χ4n) is 2.09. The van der Waals surface area contributed by atoms with Gasteiger partial charge in [-0.1, -0.05) is 57.9 Å². The molecule has 0 spiro atoms. The average molecular weight is 270 g/mol. The van der Waals surface area contributed by atoms with Crippen LogP contribution in [0.5, 0.6) is 0 Å². The Bertz CT molecular complexity index is 184. The van der Waals surface area contributed by atoms with Crippen molar-refractivity contribution in [2.24, 2.45) is 0 Å². The van der Waals surface area contributed by atoms with Crippen LogP contribution in [0.15, 0.2) is 12.2 Å². The summed E-state index contributed by atoms with van der Waals surface area (Å²) in [6, 6.07) is 0.